The quantitative estimate of drug-likeness (QED) is 0.663. The van der Waals surface area contributed by atoms with Gasteiger partial charge in [0.1, 0.15) is 5.66 Å². The van der Waals surface area contributed by atoms with Crippen LogP contribution in [0.5, 0.6) is 0 Å². The largest absolute Gasteiger partial charge is 0.364 e. The van der Waals surface area contributed by atoms with Crippen molar-refractivity contribution in [2.24, 2.45) is 0 Å². The molecule has 1 saturated heterocycles. The first-order valence-corrected chi connectivity index (χ1v) is 4.82. The van der Waals surface area contributed by atoms with Crippen molar-refractivity contribution in [1.82, 2.24) is 15.6 Å². The number of rotatable bonds is 3. The highest BCUT2D eigenvalue weighted by Crippen LogP contribution is 2.24. The van der Waals surface area contributed by atoms with E-state index in [1.807, 2.05) is 26.4 Å². The molecule has 76 valence electrons. The zero-order valence-electron chi connectivity index (χ0n) is 8.62. The van der Waals surface area contributed by atoms with Crippen molar-refractivity contribution >= 4 is 5.69 Å². The average Bonchev–Trinajstić information content (AvgIpc) is 2.19. The minimum absolute atomic E-state index is 0.0792. The highest BCUT2D eigenvalue weighted by molar-refractivity contribution is 5.48. The minimum atomic E-state index is 0.0792. The van der Waals surface area contributed by atoms with Crippen molar-refractivity contribution in [3.8, 4) is 0 Å². The number of nitrogens with one attached hydrogen (secondary N) is 2. The molecule has 4 nitrogen and oxygen atoms in total. The van der Waals surface area contributed by atoms with E-state index in [9.17, 15) is 0 Å². The fourth-order valence-corrected chi connectivity index (χ4v) is 1.77. The number of aromatic nitrogens is 1. The van der Waals surface area contributed by atoms with Crippen LogP contribution in [-0.4, -0.2) is 37.8 Å². The fraction of sp³-hybridized carbons (Fsp3) is 0.500. The molecule has 0 unspecified atom stereocenters. The van der Waals surface area contributed by atoms with Crippen LogP contribution >= 0.6 is 0 Å². The first-order valence-electron chi connectivity index (χ1n) is 4.82. The summed E-state index contributed by atoms with van der Waals surface area (Å²) in [6, 6.07) is 4.05. The van der Waals surface area contributed by atoms with Crippen LogP contribution in [-0.2, 0) is 0 Å². The fourth-order valence-electron chi connectivity index (χ4n) is 1.77. The van der Waals surface area contributed by atoms with Gasteiger partial charge in [-0.25, -0.2) is 0 Å². The van der Waals surface area contributed by atoms with E-state index in [0.717, 1.165) is 13.1 Å². The van der Waals surface area contributed by atoms with E-state index in [2.05, 4.69) is 26.6 Å². The Kier molecular flexibility index (Phi) is 2.39. The summed E-state index contributed by atoms with van der Waals surface area (Å²) in [4.78, 5) is 6.40. The third-order valence-electron chi connectivity index (χ3n) is 2.89. The monoisotopic (exact) mass is 192 g/mol. The van der Waals surface area contributed by atoms with Gasteiger partial charge in [0.05, 0.1) is 25.0 Å². The molecule has 1 aliphatic rings. The highest BCUT2D eigenvalue weighted by atomic mass is 15.4. The topological polar surface area (TPSA) is 40.2 Å². The summed E-state index contributed by atoms with van der Waals surface area (Å²) >= 11 is 0. The molecular formula is C10H16N4. The predicted octanol–water partition coefficient (Wildman–Crippen LogP) is 0.0367. The normalized spacial score (nSPS) is 19.1. The van der Waals surface area contributed by atoms with E-state index in [-0.39, 0.29) is 5.66 Å². The van der Waals surface area contributed by atoms with Crippen LogP contribution < -0.4 is 15.5 Å². The zero-order chi connectivity index (χ0) is 10.0. The third kappa shape index (κ3) is 1.47. The van der Waals surface area contributed by atoms with Gasteiger partial charge in [0.25, 0.3) is 0 Å². The summed E-state index contributed by atoms with van der Waals surface area (Å²) < 4.78 is 0. The highest BCUT2D eigenvalue weighted by Gasteiger charge is 2.40. The number of anilines is 1. The van der Waals surface area contributed by atoms with Gasteiger partial charge < -0.3 is 4.90 Å². The second kappa shape index (κ2) is 3.55. The van der Waals surface area contributed by atoms with Gasteiger partial charge in [0.2, 0.25) is 0 Å². The minimum Gasteiger partial charge on any atom is -0.364 e. The van der Waals surface area contributed by atoms with Gasteiger partial charge in [-0.2, -0.15) is 0 Å². The molecule has 0 radical (unpaired) electrons. The Bertz CT molecular complexity index is 286. The molecule has 0 aliphatic carbocycles. The molecule has 0 aromatic carbocycles. The summed E-state index contributed by atoms with van der Waals surface area (Å²) in [5.74, 6) is 0. The lowest BCUT2D eigenvalue weighted by molar-refractivity contribution is 0.230. The molecule has 1 aromatic heterocycles. The van der Waals surface area contributed by atoms with E-state index in [0.29, 0.717) is 0 Å². The Morgan fingerprint density at radius 1 is 1.36 bits per heavy atom. The molecule has 0 spiro atoms. The van der Waals surface area contributed by atoms with Crippen molar-refractivity contribution in [1.29, 1.82) is 0 Å². The lowest BCUT2D eigenvalue weighted by Gasteiger charge is -2.51. The molecule has 0 amide bonds. The third-order valence-corrected chi connectivity index (χ3v) is 2.89. The molecule has 1 aliphatic heterocycles. The molecule has 4 heteroatoms. The number of hydrogen-bond donors (Lipinski definition) is 2. The smallest absolute Gasteiger partial charge is 0.104 e. The van der Waals surface area contributed by atoms with E-state index >= 15 is 0 Å². The van der Waals surface area contributed by atoms with Crippen LogP contribution in [0, 0.1) is 0 Å². The van der Waals surface area contributed by atoms with Crippen molar-refractivity contribution < 1.29 is 0 Å². The van der Waals surface area contributed by atoms with Crippen LogP contribution in [0.2, 0.25) is 0 Å². The number of pyridine rings is 1. The maximum Gasteiger partial charge on any atom is 0.104 e. The summed E-state index contributed by atoms with van der Waals surface area (Å²) in [5.41, 5.74) is 1.27. The standard InChI is InChI=1S/C10H16N4/c1-11-10(12-2)7-14(8-10)9-4-3-5-13-6-9/h3-6,11-12H,7-8H2,1-2H3. The molecule has 0 saturated carbocycles. The van der Waals surface area contributed by atoms with Gasteiger partial charge in [-0.1, -0.05) is 0 Å². The Balaban J connectivity index is 2.01. The lowest BCUT2D eigenvalue weighted by atomic mass is 10.00. The van der Waals surface area contributed by atoms with E-state index in [4.69, 9.17) is 0 Å². The Labute approximate surface area is 84.3 Å². The van der Waals surface area contributed by atoms with E-state index in [1.165, 1.54) is 5.69 Å². The van der Waals surface area contributed by atoms with Crippen LogP contribution in [0.3, 0.4) is 0 Å². The van der Waals surface area contributed by atoms with Crippen LogP contribution in [0.1, 0.15) is 0 Å². The number of hydrogen-bond acceptors (Lipinski definition) is 4. The van der Waals surface area contributed by atoms with Crippen molar-refractivity contribution in [3.05, 3.63) is 24.5 Å². The molecule has 1 aromatic rings. The molecular weight excluding hydrogens is 176 g/mol. The summed E-state index contributed by atoms with van der Waals surface area (Å²) in [6.07, 6.45) is 3.70. The summed E-state index contributed by atoms with van der Waals surface area (Å²) in [7, 11) is 3.97. The number of likely N-dealkylation sites (N-methyl/N-ethyl adjacent to an activating group) is 2. The summed E-state index contributed by atoms with van der Waals surface area (Å²) in [5, 5.41) is 6.58. The van der Waals surface area contributed by atoms with Crippen molar-refractivity contribution in [3.63, 3.8) is 0 Å². The second-order valence-corrected chi connectivity index (χ2v) is 3.65. The average molecular weight is 192 g/mol. The van der Waals surface area contributed by atoms with Gasteiger partial charge in [-0.3, -0.25) is 15.6 Å². The van der Waals surface area contributed by atoms with Gasteiger partial charge in [0, 0.05) is 6.20 Å². The van der Waals surface area contributed by atoms with Gasteiger partial charge in [-0.05, 0) is 26.2 Å². The molecule has 2 heterocycles. The molecule has 2 N–H and O–H groups in total. The van der Waals surface area contributed by atoms with Crippen LogP contribution in [0.4, 0.5) is 5.69 Å². The van der Waals surface area contributed by atoms with Gasteiger partial charge in [-0.15, -0.1) is 0 Å². The zero-order valence-corrected chi connectivity index (χ0v) is 8.62. The first kappa shape index (κ1) is 9.43. The molecule has 0 atom stereocenters. The first-order chi connectivity index (χ1) is 6.79. The van der Waals surface area contributed by atoms with E-state index < -0.39 is 0 Å². The predicted molar refractivity (Wildman–Crippen MR) is 57.3 cm³/mol. The lowest BCUT2D eigenvalue weighted by Crippen LogP contribution is -2.75. The van der Waals surface area contributed by atoms with E-state index in [1.54, 1.807) is 6.20 Å². The van der Waals surface area contributed by atoms with Crippen LogP contribution in [0.15, 0.2) is 24.5 Å². The Morgan fingerprint density at radius 3 is 2.57 bits per heavy atom. The maximum absolute atomic E-state index is 4.10. The SMILES string of the molecule is CNC1(NC)CN(c2cccnc2)C1. The van der Waals surface area contributed by atoms with Gasteiger partial charge in [0.15, 0.2) is 0 Å². The van der Waals surface area contributed by atoms with Crippen LogP contribution in [0.25, 0.3) is 0 Å². The maximum atomic E-state index is 4.10. The summed E-state index contributed by atoms with van der Waals surface area (Å²) in [6.45, 7) is 1.96. The Morgan fingerprint density at radius 2 is 2.07 bits per heavy atom. The molecule has 0 bridgehead atoms. The van der Waals surface area contributed by atoms with Crippen molar-refractivity contribution in [2.75, 3.05) is 32.1 Å². The second-order valence-electron chi connectivity index (χ2n) is 3.65. The molecule has 2 rings (SSSR count). The molecule has 1 fully saturated rings. The van der Waals surface area contributed by atoms with Gasteiger partial charge >= 0.3 is 0 Å². The Hall–Kier alpha value is -1.13. The van der Waals surface area contributed by atoms with Crippen molar-refractivity contribution in [2.45, 2.75) is 5.66 Å². The molecule has 14 heavy (non-hydrogen) atoms. The number of nitrogens with zero attached hydrogens (tertiary/aromatic N) is 2.